The number of hydrogen-bond acceptors (Lipinski definition) is 7. The number of aliphatic hydroxyl groups excluding tert-OH is 3. The third-order valence-corrected chi connectivity index (χ3v) is 5.59. The number of aliphatic hydroxyl groups is 3. The van der Waals surface area contributed by atoms with E-state index in [1.165, 1.54) is 0 Å². The van der Waals surface area contributed by atoms with E-state index >= 15 is 0 Å². The van der Waals surface area contributed by atoms with Gasteiger partial charge < -0.3 is 24.8 Å². The lowest BCUT2D eigenvalue weighted by Crippen LogP contribution is -2.43. The van der Waals surface area contributed by atoms with Crippen molar-refractivity contribution in [1.82, 2.24) is 0 Å². The number of hydrogen-bond donors (Lipinski definition) is 3. The number of ether oxygens (including phenoxy) is 2. The third kappa shape index (κ3) is 2.57. The van der Waals surface area contributed by atoms with Gasteiger partial charge in [0.1, 0.15) is 29.8 Å². The summed E-state index contributed by atoms with van der Waals surface area (Å²) in [5.41, 5.74) is 0.796. The number of Topliss-reactive ketones (excluding diaryl/α,β-unsaturated/α-hetero) is 2. The van der Waals surface area contributed by atoms with Crippen molar-refractivity contribution >= 4 is 11.6 Å². The van der Waals surface area contributed by atoms with Crippen LogP contribution in [0.15, 0.2) is 22.7 Å². The lowest BCUT2D eigenvalue weighted by Gasteiger charge is -2.38. The fourth-order valence-electron chi connectivity index (χ4n) is 4.40. The van der Waals surface area contributed by atoms with Crippen LogP contribution in [0.5, 0.6) is 0 Å². The van der Waals surface area contributed by atoms with Gasteiger partial charge in [0.25, 0.3) is 0 Å². The van der Waals surface area contributed by atoms with E-state index in [4.69, 9.17) is 9.47 Å². The summed E-state index contributed by atoms with van der Waals surface area (Å²) in [5.74, 6) is 0.184. The number of carbonyl (C=O) groups excluding carboxylic acids is 2. The summed E-state index contributed by atoms with van der Waals surface area (Å²) in [5, 5.41) is 29.9. The molecule has 7 nitrogen and oxygen atoms in total. The van der Waals surface area contributed by atoms with E-state index in [-0.39, 0.29) is 11.6 Å². The van der Waals surface area contributed by atoms with Gasteiger partial charge in [-0.2, -0.15) is 0 Å². The molecule has 2 aliphatic heterocycles. The van der Waals surface area contributed by atoms with Gasteiger partial charge >= 0.3 is 0 Å². The van der Waals surface area contributed by atoms with Crippen LogP contribution in [0.4, 0.5) is 0 Å². The van der Waals surface area contributed by atoms with Crippen molar-refractivity contribution in [1.29, 1.82) is 0 Å². The van der Waals surface area contributed by atoms with E-state index in [9.17, 15) is 24.9 Å². The Balaban J connectivity index is 1.81. The predicted octanol–water partition coefficient (Wildman–Crippen LogP) is 0.128. The van der Waals surface area contributed by atoms with Gasteiger partial charge in [0, 0.05) is 36.8 Å². The molecule has 0 bridgehead atoms. The zero-order valence-corrected chi connectivity index (χ0v) is 13.8. The molecule has 4 aliphatic rings. The van der Waals surface area contributed by atoms with Gasteiger partial charge in [-0.15, -0.1) is 0 Å². The van der Waals surface area contributed by atoms with Crippen molar-refractivity contribution in [2.24, 2.45) is 5.92 Å². The summed E-state index contributed by atoms with van der Waals surface area (Å²) in [4.78, 5) is 25.2. The van der Waals surface area contributed by atoms with Gasteiger partial charge in [-0.05, 0) is 12.8 Å². The molecule has 0 saturated carbocycles. The molecule has 4 rings (SSSR count). The molecule has 0 spiro atoms. The standard InChI is InChI=1S/C18H22O7/c19-7-12-16(22)17(23)18(25-12)15-13-8(20)3-1-5-10(13)24-11-6-2-4-9(21)14(11)15/h12,15-19,22-23H,1-7H2/t12-,16-,17+,18-/m1/s1. The van der Waals surface area contributed by atoms with E-state index in [1.807, 2.05) is 0 Å². The van der Waals surface area contributed by atoms with Crippen LogP contribution in [0.25, 0.3) is 0 Å². The minimum Gasteiger partial charge on any atom is -0.465 e. The minimum atomic E-state index is -1.28. The van der Waals surface area contributed by atoms with E-state index < -0.39 is 36.9 Å². The number of ketones is 2. The summed E-state index contributed by atoms with van der Waals surface area (Å²) < 4.78 is 11.6. The molecular formula is C18H22O7. The smallest absolute Gasteiger partial charge is 0.162 e. The molecule has 2 aliphatic carbocycles. The van der Waals surface area contributed by atoms with Crippen LogP contribution >= 0.6 is 0 Å². The van der Waals surface area contributed by atoms with Gasteiger partial charge in [-0.3, -0.25) is 9.59 Å². The topological polar surface area (TPSA) is 113 Å². The van der Waals surface area contributed by atoms with Gasteiger partial charge in [-0.25, -0.2) is 0 Å². The second kappa shape index (κ2) is 6.32. The molecule has 1 saturated heterocycles. The normalized spacial score (nSPS) is 36.4. The lowest BCUT2D eigenvalue weighted by molar-refractivity contribution is -0.120. The predicted molar refractivity (Wildman–Crippen MR) is 84.1 cm³/mol. The fourth-order valence-corrected chi connectivity index (χ4v) is 4.40. The highest BCUT2D eigenvalue weighted by Gasteiger charge is 2.53. The molecule has 0 aromatic rings. The Labute approximate surface area is 144 Å². The van der Waals surface area contributed by atoms with Crippen molar-refractivity contribution in [3.05, 3.63) is 22.7 Å². The molecule has 0 amide bonds. The van der Waals surface area contributed by atoms with Crippen LogP contribution in [0.1, 0.15) is 38.5 Å². The Morgan fingerprint density at radius 3 is 1.92 bits per heavy atom. The van der Waals surface area contributed by atoms with E-state index in [2.05, 4.69) is 0 Å². The maximum absolute atomic E-state index is 12.6. The average Bonchev–Trinajstić information content (AvgIpc) is 2.88. The number of carbonyl (C=O) groups is 2. The number of rotatable bonds is 2. The first-order valence-electron chi connectivity index (χ1n) is 8.85. The van der Waals surface area contributed by atoms with Crippen molar-refractivity contribution in [3.63, 3.8) is 0 Å². The highest BCUT2D eigenvalue weighted by Crippen LogP contribution is 2.47. The Hall–Kier alpha value is -1.54. The molecule has 0 aromatic carbocycles. The molecule has 4 atom stereocenters. The second-order valence-corrected chi connectivity index (χ2v) is 7.11. The summed E-state index contributed by atoms with van der Waals surface area (Å²) >= 11 is 0. The Bertz CT molecular complexity index is 635. The largest absolute Gasteiger partial charge is 0.465 e. The van der Waals surface area contributed by atoms with Gasteiger partial charge in [0.05, 0.1) is 18.6 Å². The van der Waals surface area contributed by atoms with Gasteiger partial charge in [0.15, 0.2) is 11.6 Å². The molecule has 25 heavy (non-hydrogen) atoms. The summed E-state index contributed by atoms with van der Waals surface area (Å²) in [6.07, 6.45) is -1.10. The molecular weight excluding hydrogens is 328 g/mol. The molecule has 3 N–H and O–H groups in total. The molecule has 136 valence electrons. The summed E-state index contributed by atoms with van der Waals surface area (Å²) in [6.45, 7) is -0.447. The van der Waals surface area contributed by atoms with Crippen molar-refractivity contribution in [2.45, 2.75) is 62.9 Å². The highest BCUT2D eigenvalue weighted by molar-refractivity contribution is 6.04. The third-order valence-electron chi connectivity index (χ3n) is 5.59. The van der Waals surface area contributed by atoms with Crippen molar-refractivity contribution in [2.75, 3.05) is 6.61 Å². The maximum atomic E-state index is 12.6. The lowest BCUT2D eigenvalue weighted by atomic mass is 9.72. The molecule has 0 unspecified atom stereocenters. The Morgan fingerprint density at radius 1 is 0.880 bits per heavy atom. The molecule has 0 radical (unpaired) electrons. The van der Waals surface area contributed by atoms with Crippen LogP contribution in [0.2, 0.25) is 0 Å². The van der Waals surface area contributed by atoms with Crippen LogP contribution < -0.4 is 0 Å². The van der Waals surface area contributed by atoms with E-state index in [0.717, 1.165) is 0 Å². The molecule has 7 heteroatoms. The SMILES string of the molecule is O=C1CCCC2=C1C([C@H]1O[C@H](CO)[C@@H](O)[C@@H]1O)C1=C(CCCC1=O)O2. The molecule has 0 aromatic heterocycles. The molecule has 1 fully saturated rings. The van der Waals surface area contributed by atoms with Gasteiger partial charge in [-0.1, -0.05) is 0 Å². The fraction of sp³-hybridized carbons (Fsp3) is 0.667. The average molecular weight is 350 g/mol. The van der Waals surface area contributed by atoms with Crippen LogP contribution in [0, 0.1) is 5.92 Å². The van der Waals surface area contributed by atoms with Crippen LogP contribution in [0.3, 0.4) is 0 Å². The monoisotopic (exact) mass is 350 g/mol. The molecule has 2 heterocycles. The zero-order chi connectivity index (χ0) is 17.7. The summed E-state index contributed by atoms with van der Waals surface area (Å²) in [6, 6.07) is 0. The Kier molecular flexibility index (Phi) is 4.27. The van der Waals surface area contributed by atoms with Crippen LogP contribution in [-0.4, -0.2) is 57.9 Å². The first-order chi connectivity index (χ1) is 12.0. The van der Waals surface area contributed by atoms with Gasteiger partial charge in [0.2, 0.25) is 0 Å². The highest BCUT2D eigenvalue weighted by atomic mass is 16.6. The minimum absolute atomic E-state index is 0.103. The van der Waals surface area contributed by atoms with Crippen molar-refractivity contribution < 1.29 is 34.4 Å². The van der Waals surface area contributed by atoms with E-state index in [0.29, 0.717) is 61.2 Å². The second-order valence-electron chi connectivity index (χ2n) is 7.11. The maximum Gasteiger partial charge on any atom is 0.162 e. The quantitative estimate of drug-likeness (QED) is 0.649. The van der Waals surface area contributed by atoms with Crippen molar-refractivity contribution in [3.8, 4) is 0 Å². The zero-order valence-electron chi connectivity index (χ0n) is 13.8. The first-order valence-corrected chi connectivity index (χ1v) is 8.85. The summed E-state index contributed by atoms with van der Waals surface area (Å²) in [7, 11) is 0. The first kappa shape index (κ1) is 16.9. The number of allylic oxidation sites excluding steroid dienone is 2. The van der Waals surface area contributed by atoms with Crippen LogP contribution in [-0.2, 0) is 19.1 Å². The Morgan fingerprint density at radius 2 is 1.44 bits per heavy atom. The van der Waals surface area contributed by atoms with E-state index in [1.54, 1.807) is 0 Å².